The van der Waals surface area contributed by atoms with E-state index in [1.807, 2.05) is 6.92 Å². The Morgan fingerprint density at radius 3 is 2.77 bits per heavy atom. The van der Waals surface area contributed by atoms with Crippen LogP contribution in [0.3, 0.4) is 0 Å². The predicted molar refractivity (Wildman–Crippen MR) is 52.2 cm³/mol. The van der Waals surface area contributed by atoms with E-state index < -0.39 is 6.10 Å². The highest BCUT2D eigenvalue weighted by molar-refractivity contribution is 5.75. The fourth-order valence-electron chi connectivity index (χ4n) is 0.894. The molecule has 0 aliphatic rings. The van der Waals surface area contributed by atoms with Crippen LogP contribution in [0, 0.1) is 0 Å². The summed E-state index contributed by atoms with van der Waals surface area (Å²) in [6.45, 7) is 2.87. The maximum absolute atomic E-state index is 11.1. The number of aliphatic hydroxyl groups excluding tert-OH is 1. The summed E-state index contributed by atoms with van der Waals surface area (Å²) < 4.78 is 0. The first kappa shape index (κ1) is 12.4. The molecule has 4 heteroatoms. The van der Waals surface area contributed by atoms with Gasteiger partial charge in [-0.15, -0.1) is 0 Å². The number of carbonyl (C=O) groups excluding carboxylic acids is 1. The maximum atomic E-state index is 11.1. The molecule has 0 saturated heterocycles. The maximum Gasteiger partial charge on any atom is 0.220 e. The van der Waals surface area contributed by atoms with Gasteiger partial charge in [0.2, 0.25) is 5.91 Å². The monoisotopic (exact) mass is 188 g/mol. The quantitative estimate of drug-likeness (QED) is 0.492. The molecule has 78 valence electrons. The minimum absolute atomic E-state index is 0.000880. The second-order valence-electron chi connectivity index (χ2n) is 3.11. The van der Waals surface area contributed by atoms with Crippen molar-refractivity contribution in [3.63, 3.8) is 0 Å². The SMILES string of the molecule is CCC(O)CNC(=O)CCCCN. The van der Waals surface area contributed by atoms with Crippen molar-refractivity contribution >= 4 is 5.91 Å². The molecule has 0 aliphatic heterocycles. The van der Waals surface area contributed by atoms with Crippen LogP contribution in [0.4, 0.5) is 0 Å². The molecule has 0 aromatic heterocycles. The van der Waals surface area contributed by atoms with Gasteiger partial charge in [-0.05, 0) is 25.8 Å². The van der Waals surface area contributed by atoms with Crippen molar-refractivity contribution in [3.05, 3.63) is 0 Å². The number of nitrogens with two attached hydrogens (primary N) is 1. The van der Waals surface area contributed by atoms with Crippen LogP contribution in [0.5, 0.6) is 0 Å². The van der Waals surface area contributed by atoms with Gasteiger partial charge >= 0.3 is 0 Å². The van der Waals surface area contributed by atoms with Gasteiger partial charge < -0.3 is 16.2 Å². The molecule has 4 nitrogen and oxygen atoms in total. The lowest BCUT2D eigenvalue weighted by atomic mass is 10.2. The zero-order valence-electron chi connectivity index (χ0n) is 8.25. The normalized spacial score (nSPS) is 12.5. The number of amides is 1. The second kappa shape index (κ2) is 8.01. The van der Waals surface area contributed by atoms with Gasteiger partial charge in [-0.2, -0.15) is 0 Å². The molecule has 13 heavy (non-hydrogen) atoms. The van der Waals surface area contributed by atoms with Crippen LogP contribution in [0.15, 0.2) is 0 Å². The highest BCUT2D eigenvalue weighted by atomic mass is 16.3. The van der Waals surface area contributed by atoms with E-state index in [9.17, 15) is 4.79 Å². The van der Waals surface area contributed by atoms with E-state index in [-0.39, 0.29) is 5.91 Å². The smallest absolute Gasteiger partial charge is 0.220 e. The highest BCUT2D eigenvalue weighted by Crippen LogP contribution is 1.93. The molecule has 1 amide bonds. The molecule has 0 radical (unpaired) electrons. The van der Waals surface area contributed by atoms with E-state index in [1.54, 1.807) is 0 Å². The third-order valence-electron chi connectivity index (χ3n) is 1.86. The van der Waals surface area contributed by atoms with Gasteiger partial charge in [0, 0.05) is 13.0 Å². The summed E-state index contributed by atoms with van der Waals surface area (Å²) in [5, 5.41) is 11.8. The van der Waals surface area contributed by atoms with E-state index in [0.717, 1.165) is 12.8 Å². The van der Waals surface area contributed by atoms with E-state index in [2.05, 4.69) is 5.32 Å². The van der Waals surface area contributed by atoms with Crippen molar-refractivity contribution in [3.8, 4) is 0 Å². The third kappa shape index (κ3) is 7.74. The van der Waals surface area contributed by atoms with Crippen molar-refractivity contribution in [1.82, 2.24) is 5.32 Å². The van der Waals surface area contributed by atoms with Crippen molar-refractivity contribution in [2.45, 2.75) is 38.7 Å². The van der Waals surface area contributed by atoms with Crippen LogP contribution in [-0.2, 0) is 4.79 Å². The molecule has 1 unspecified atom stereocenters. The Bertz CT molecular complexity index is 140. The third-order valence-corrected chi connectivity index (χ3v) is 1.86. The van der Waals surface area contributed by atoms with Crippen LogP contribution in [0.1, 0.15) is 32.6 Å². The summed E-state index contributed by atoms with van der Waals surface area (Å²) in [5.41, 5.74) is 5.29. The summed E-state index contributed by atoms with van der Waals surface area (Å²) in [6, 6.07) is 0. The molecule has 0 saturated carbocycles. The molecular formula is C9H20N2O2. The zero-order chi connectivity index (χ0) is 10.1. The molecular weight excluding hydrogens is 168 g/mol. The number of hydrogen-bond acceptors (Lipinski definition) is 3. The van der Waals surface area contributed by atoms with Crippen molar-refractivity contribution < 1.29 is 9.90 Å². The molecule has 0 spiro atoms. The first-order valence-electron chi connectivity index (χ1n) is 4.85. The lowest BCUT2D eigenvalue weighted by Gasteiger charge is -2.08. The van der Waals surface area contributed by atoms with Crippen molar-refractivity contribution in [2.24, 2.45) is 5.73 Å². The van der Waals surface area contributed by atoms with Crippen LogP contribution in [0.25, 0.3) is 0 Å². The summed E-state index contributed by atoms with van der Waals surface area (Å²) in [6.07, 6.45) is 2.46. The number of unbranched alkanes of at least 4 members (excludes halogenated alkanes) is 1. The first-order chi connectivity index (χ1) is 6.20. The lowest BCUT2D eigenvalue weighted by Crippen LogP contribution is -2.31. The number of rotatable bonds is 7. The van der Waals surface area contributed by atoms with Gasteiger partial charge in [-0.1, -0.05) is 6.92 Å². The molecule has 0 aromatic carbocycles. The average Bonchev–Trinajstić information content (AvgIpc) is 2.14. The fraction of sp³-hybridized carbons (Fsp3) is 0.889. The number of aliphatic hydroxyl groups is 1. The standard InChI is InChI=1S/C9H20N2O2/c1-2-8(12)7-11-9(13)5-3-4-6-10/h8,12H,2-7,10H2,1H3,(H,11,13). The highest BCUT2D eigenvalue weighted by Gasteiger charge is 2.03. The molecule has 0 aromatic rings. The summed E-state index contributed by atoms with van der Waals surface area (Å²) >= 11 is 0. The molecule has 0 fully saturated rings. The Labute approximate surface area is 79.5 Å². The number of carbonyl (C=O) groups is 1. The van der Waals surface area contributed by atoms with Gasteiger partial charge in [0.1, 0.15) is 0 Å². The summed E-state index contributed by atoms with van der Waals surface area (Å²) in [4.78, 5) is 11.1. The molecule has 0 aliphatic carbocycles. The van der Waals surface area contributed by atoms with Crippen LogP contribution >= 0.6 is 0 Å². The minimum atomic E-state index is -0.418. The Balaban J connectivity index is 3.30. The van der Waals surface area contributed by atoms with Crippen LogP contribution in [0.2, 0.25) is 0 Å². The number of nitrogens with one attached hydrogen (secondary N) is 1. The van der Waals surface area contributed by atoms with E-state index >= 15 is 0 Å². The first-order valence-corrected chi connectivity index (χ1v) is 4.85. The average molecular weight is 188 g/mol. The topological polar surface area (TPSA) is 75.3 Å². The fourth-order valence-corrected chi connectivity index (χ4v) is 0.894. The largest absolute Gasteiger partial charge is 0.391 e. The zero-order valence-corrected chi connectivity index (χ0v) is 8.25. The van der Waals surface area contributed by atoms with Gasteiger partial charge in [-0.25, -0.2) is 0 Å². The van der Waals surface area contributed by atoms with E-state index in [0.29, 0.717) is 25.9 Å². The van der Waals surface area contributed by atoms with Gasteiger partial charge in [-0.3, -0.25) is 4.79 Å². The molecule has 4 N–H and O–H groups in total. The minimum Gasteiger partial charge on any atom is -0.391 e. The second-order valence-corrected chi connectivity index (χ2v) is 3.11. The summed E-state index contributed by atoms with van der Waals surface area (Å²) in [5.74, 6) is 0.000880. The predicted octanol–water partition coefficient (Wildman–Crippen LogP) is 0.00250. The number of hydrogen-bond donors (Lipinski definition) is 3. The van der Waals surface area contributed by atoms with Gasteiger partial charge in [0.05, 0.1) is 6.10 Å². The van der Waals surface area contributed by atoms with Crippen molar-refractivity contribution in [2.75, 3.05) is 13.1 Å². The van der Waals surface area contributed by atoms with Crippen LogP contribution < -0.4 is 11.1 Å². The lowest BCUT2D eigenvalue weighted by molar-refractivity contribution is -0.121. The summed E-state index contributed by atoms with van der Waals surface area (Å²) in [7, 11) is 0. The molecule has 1 atom stereocenters. The van der Waals surface area contributed by atoms with E-state index in [4.69, 9.17) is 10.8 Å². The molecule has 0 rings (SSSR count). The van der Waals surface area contributed by atoms with E-state index in [1.165, 1.54) is 0 Å². The Kier molecular flexibility index (Phi) is 7.63. The Hall–Kier alpha value is -0.610. The van der Waals surface area contributed by atoms with Gasteiger partial charge in [0.25, 0.3) is 0 Å². The van der Waals surface area contributed by atoms with Gasteiger partial charge in [0.15, 0.2) is 0 Å². The Morgan fingerprint density at radius 1 is 1.54 bits per heavy atom. The molecule has 0 bridgehead atoms. The van der Waals surface area contributed by atoms with Crippen molar-refractivity contribution in [1.29, 1.82) is 0 Å². The Morgan fingerprint density at radius 2 is 2.23 bits per heavy atom. The molecule has 0 heterocycles. The van der Waals surface area contributed by atoms with Crippen LogP contribution in [-0.4, -0.2) is 30.2 Å².